The number of aryl methyl sites for hydroxylation is 2. The van der Waals surface area contributed by atoms with E-state index in [4.69, 9.17) is 4.74 Å². The first-order chi connectivity index (χ1) is 14.0. The van der Waals surface area contributed by atoms with Gasteiger partial charge in [0.15, 0.2) is 0 Å². The Bertz CT molecular complexity index is 865. The van der Waals surface area contributed by atoms with Crippen molar-refractivity contribution < 1.29 is 14.3 Å². The summed E-state index contributed by atoms with van der Waals surface area (Å²) in [5.41, 5.74) is 4.39. The highest BCUT2D eigenvalue weighted by Crippen LogP contribution is 2.38. The van der Waals surface area contributed by atoms with Gasteiger partial charge >= 0.3 is 0 Å². The average molecular weight is 395 g/mol. The number of rotatable bonds is 7. The van der Waals surface area contributed by atoms with Crippen LogP contribution < -0.4 is 5.32 Å². The van der Waals surface area contributed by atoms with Crippen LogP contribution in [0.1, 0.15) is 41.1 Å². The summed E-state index contributed by atoms with van der Waals surface area (Å²) in [6.07, 6.45) is 0.940. The summed E-state index contributed by atoms with van der Waals surface area (Å²) in [7, 11) is 1.63. The Balaban J connectivity index is 1.86. The molecule has 1 N–H and O–H groups in total. The first-order valence-electron chi connectivity index (χ1n) is 10.2. The largest absolute Gasteiger partial charge is 0.383 e. The van der Waals surface area contributed by atoms with Crippen LogP contribution in [0.3, 0.4) is 0 Å². The zero-order valence-electron chi connectivity index (χ0n) is 17.5. The van der Waals surface area contributed by atoms with E-state index in [0.29, 0.717) is 32.5 Å². The number of nitrogens with zero attached hydrogens (tertiary/aromatic N) is 1. The molecule has 1 fully saturated rings. The smallest absolute Gasteiger partial charge is 0.225 e. The highest BCUT2D eigenvalue weighted by molar-refractivity contribution is 5.85. The van der Waals surface area contributed by atoms with Gasteiger partial charge in [0.2, 0.25) is 11.8 Å². The van der Waals surface area contributed by atoms with Gasteiger partial charge in [0.1, 0.15) is 0 Å². The first kappa shape index (κ1) is 21.1. The molecule has 5 heteroatoms. The molecule has 0 aromatic heterocycles. The third kappa shape index (κ3) is 4.85. The van der Waals surface area contributed by atoms with Crippen molar-refractivity contribution in [3.63, 3.8) is 0 Å². The molecule has 29 heavy (non-hydrogen) atoms. The van der Waals surface area contributed by atoms with E-state index < -0.39 is 0 Å². The molecule has 0 radical (unpaired) electrons. The molecule has 2 amide bonds. The summed E-state index contributed by atoms with van der Waals surface area (Å²) < 4.78 is 5.23. The van der Waals surface area contributed by atoms with E-state index in [1.54, 1.807) is 7.11 Å². The number of amides is 2. The van der Waals surface area contributed by atoms with Gasteiger partial charge in [-0.15, -0.1) is 0 Å². The maximum absolute atomic E-state index is 13.2. The summed E-state index contributed by atoms with van der Waals surface area (Å²) in [6, 6.07) is 15.8. The van der Waals surface area contributed by atoms with Crippen LogP contribution in [-0.2, 0) is 20.9 Å². The number of nitrogens with one attached hydrogen (secondary N) is 1. The van der Waals surface area contributed by atoms with Crippen molar-refractivity contribution in [3.8, 4) is 0 Å². The molecule has 2 aromatic carbocycles. The summed E-state index contributed by atoms with van der Waals surface area (Å²) in [4.78, 5) is 27.8. The van der Waals surface area contributed by atoms with Crippen molar-refractivity contribution in [2.75, 3.05) is 20.3 Å². The van der Waals surface area contributed by atoms with Crippen molar-refractivity contribution in [2.45, 2.75) is 39.3 Å². The fraction of sp³-hybridized carbons (Fsp3) is 0.417. The molecular formula is C24H30N2O3. The molecule has 0 bridgehead atoms. The van der Waals surface area contributed by atoms with Gasteiger partial charge in [-0.2, -0.15) is 0 Å². The fourth-order valence-corrected chi connectivity index (χ4v) is 4.11. The Morgan fingerprint density at radius 2 is 1.79 bits per heavy atom. The number of benzene rings is 2. The van der Waals surface area contributed by atoms with Crippen LogP contribution >= 0.6 is 0 Å². The normalized spacial score (nSPS) is 19.3. The van der Waals surface area contributed by atoms with E-state index in [2.05, 4.69) is 5.32 Å². The molecule has 5 nitrogen and oxygen atoms in total. The van der Waals surface area contributed by atoms with Crippen molar-refractivity contribution in [2.24, 2.45) is 5.92 Å². The molecule has 2 aromatic rings. The van der Waals surface area contributed by atoms with Crippen molar-refractivity contribution in [1.82, 2.24) is 10.2 Å². The number of carbonyl (C=O) groups is 2. The number of methoxy groups -OCH3 is 1. The van der Waals surface area contributed by atoms with Crippen LogP contribution in [0.15, 0.2) is 48.5 Å². The lowest BCUT2D eigenvalue weighted by Gasteiger charge is -2.41. The average Bonchev–Trinajstić information content (AvgIpc) is 2.72. The minimum absolute atomic E-state index is 0.00331. The van der Waals surface area contributed by atoms with Gasteiger partial charge in [-0.1, -0.05) is 48.5 Å². The highest BCUT2D eigenvalue weighted by Gasteiger charge is 2.40. The molecule has 154 valence electrons. The van der Waals surface area contributed by atoms with Crippen molar-refractivity contribution in [1.29, 1.82) is 0 Å². The topological polar surface area (TPSA) is 58.6 Å². The van der Waals surface area contributed by atoms with Crippen LogP contribution in [-0.4, -0.2) is 37.0 Å². The maximum Gasteiger partial charge on any atom is 0.225 e. The Labute approximate surface area is 173 Å². The molecule has 1 aliphatic heterocycles. The second kappa shape index (κ2) is 9.70. The van der Waals surface area contributed by atoms with Crippen LogP contribution in [0.25, 0.3) is 0 Å². The molecule has 0 spiro atoms. The SMILES string of the molecule is COCCN1C(=O)CC[C@@H](C(=O)NCc2ccccc2C)[C@@H]1c1ccccc1C. The third-order valence-corrected chi connectivity index (χ3v) is 5.80. The molecule has 1 heterocycles. The van der Waals surface area contributed by atoms with E-state index in [1.165, 1.54) is 0 Å². The van der Waals surface area contributed by atoms with Gasteiger partial charge < -0.3 is 15.0 Å². The van der Waals surface area contributed by atoms with E-state index >= 15 is 0 Å². The zero-order valence-corrected chi connectivity index (χ0v) is 17.5. The molecule has 2 atom stereocenters. The van der Waals surface area contributed by atoms with Gasteiger partial charge in [0.05, 0.1) is 18.6 Å². The Hall–Kier alpha value is -2.66. The molecular weight excluding hydrogens is 364 g/mol. The van der Waals surface area contributed by atoms with Crippen molar-refractivity contribution >= 4 is 11.8 Å². The zero-order chi connectivity index (χ0) is 20.8. The Morgan fingerprint density at radius 1 is 1.10 bits per heavy atom. The lowest BCUT2D eigenvalue weighted by atomic mass is 9.82. The van der Waals surface area contributed by atoms with Gasteiger partial charge in [-0.3, -0.25) is 9.59 Å². The number of hydrogen-bond donors (Lipinski definition) is 1. The van der Waals surface area contributed by atoms with E-state index in [1.807, 2.05) is 67.3 Å². The summed E-state index contributed by atoms with van der Waals surface area (Å²) in [6.45, 7) is 5.50. The lowest BCUT2D eigenvalue weighted by Crippen LogP contribution is -2.49. The lowest BCUT2D eigenvalue weighted by molar-refractivity contribution is -0.144. The number of likely N-dealkylation sites (tertiary alicyclic amines) is 1. The monoisotopic (exact) mass is 394 g/mol. The molecule has 0 aliphatic carbocycles. The molecule has 3 rings (SSSR count). The van der Waals surface area contributed by atoms with Crippen molar-refractivity contribution in [3.05, 3.63) is 70.8 Å². The predicted molar refractivity (Wildman–Crippen MR) is 113 cm³/mol. The molecule has 1 aliphatic rings. The highest BCUT2D eigenvalue weighted by atomic mass is 16.5. The first-order valence-corrected chi connectivity index (χ1v) is 10.2. The molecule has 1 saturated heterocycles. The Kier molecular flexibility index (Phi) is 7.04. The van der Waals surface area contributed by atoms with Crippen LogP contribution in [0.2, 0.25) is 0 Å². The fourth-order valence-electron chi connectivity index (χ4n) is 4.11. The second-order valence-corrected chi connectivity index (χ2v) is 7.67. The molecule has 0 unspecified atom stereocenters. The van der Waals surface area contributed by atoms with Crippen LogP contribution in [0.5, 0.6) is 0 Å². The van der Waals surface area contributed by atoms with E-state index in [-0.39, 0.29) is 23.8 Å². The number of piperidine rings is 1. The van der Waals surface area contributed by atoms with Gasteiger partial charge in [0, 0.05) is 26.6 Å². The minimum atomic E-state index is -0.283. The van der Waals surface area contributed by atoms with E-state index in [9.17, 15) is 9.59 Å². The predicted octanol–water partition coefficient (Wildman–Crippen LogP) is 3.55. The third-order valence-electron chi connectivity index (χ3n) is 5.80. The van der Waals surface area contributed by atoms with Crippen LogP contribution in [0, 0.1) is 19.8 Å². The van der Waals surface area contributed by atoms with Crippen LogP contribution in [0.4, 0.5) is 0 Å². The number of ether oxygens (including phenoxy) is 1. The maximum atomic E-state index is 13.2. The number of hydrogen-bond acceptors (Lipinski definition) is 3. The molecule has 0 saturated carbocycles. The Morgan fingerprint density at radius 3 is 2.48 bits per heavy atom. The summed E-state index contributed by atoms with van der Waals surface area (Å²) in [5, 5.41) is 3.11. The van der Waals surface area contributed by atoms with Gasteiger partial charge in [-0.25, -0.2) is 0 Å². The standard InChI is InChI=1S/C24H30N2O3/c1-17-8-4-6-10-19(17)16-25-24(28)21-12-13-22(27)26(14-15-29-3)23(21)20-11-7-5-9-18(20)2/h4-11,21,23H,12-16H2,1-3H3,(H,25,28)/t21-,23+/m1/s1. The summed E-state index contributed by atoms with van der Waals surface area (Å²) >= 11 is 0. The second-order valence-electron chi connectivity index (χ2n) is 7.67. The van der Waals surface area contributed by atoms with E-state index in [0.717, 1.165) is 22.3 Å². The minimum Gasteiger partial charge on any atom is -0.383 e. The summed E-state index contributed by atoms with van der Waals surface area (Å²) in [5.74, 6) is -0.204. The quantitative estimate of drug-likeness (QED) is 0.781. The number of carbonyl (C=O) groups excluding carboxylic acids is 2. The van der Waals surface area contributed by atoms with Gasteiger partial charge in [0.25, 0.3) is 0 Å². The van der Waals surface area contributed by atoms with Gasteiger partial charge in [-0.05, 0) is 42.5 Å².